The summed E-state index contributed by atoms with van der Waals surface area (Å²) in [4.78, 5) is 35.1. The van der Waals surface area contributed by atoms with Gasteiger partial charge >= 0.3 is 6.03 Å². The first-order valence-corrected chi connectivity index (χ1v) is 5.18. The van der Waals surface area contributed by atoms with Crippen LogP contribution in [-0.2, 0) is 9.59 Å². The number of amides is 4. The van der Waals surface area contributed by atoms with E-state index in [-0.39, 0.29) is 19.0 Å². The van der Waals surface area contributed by atoms with Gasteiger partial charge in [-0.15, -0.1) is 0 Å². The Bertz CT molecular complexity index is 292. The maximum Gasteiger partial charge on any atom is 0.321 e. The van der Waals surface area contributed by atoms with Crippen molar-refractivity contribution in [2.24, 2.45) is 0 Å². The molecule has 0 aromatic heterocycles. The van der Waals surface area contributed by atoms with Crippen LogP contribution in [0.15, 0.2) is 0 Å². The van der Waals surface area contributed by atoms with E-state index in [4.69, 9.17) is 0 Å². The highest BCUT2D eigenvalue weighted by molar-refractivity contribution is 5.95. The Morgan fingerprint density at radius 2 is 2.25 bits per heavy atom. The summed E-state index contributed by atoms with van der Waals surface area (Å²) in [6.45, 7) is 3.64. The zero-order valence-corrected chi connectivity index (χ0v) is 9.21. The number of rotatable bonds is 3. The topological polar surface area (TPSA) is 90.5 Å². The number of carbonyl (C=O) groups is 3. The summed E-state index contributed by atoms with van der Waals surface area (Å²) in [6.07, 6.45) is 0. The average Bonchev–Trinajstić information content (AvgIpc) is 2.17. The van der Waals surface area contributed by atoms with Crippen LogP contribution < -0.4 is 16.0 Å². The molecule has 0 aromatic rings. The standard InChI is InChI=1S/C9H16N4O3/c1-2-10-9(16)12-8(15)6-13-4-3-11-7(14)5-13/h2-6H2,1H3,(H,11,14)(H2,10,12,15,16). The smallest absolute Gasteiger partial charge is 0.321 e. The van der Waals surface area contributed by atoms with Gasteiger partial charge in [-0.2, -0.15) is 0 Å². The molecule has 4 amide bonds. The minimum absolute atomic E-state index is 0.0601. The van der Waals surface area contributed by atoms with Gasteiger partial charge in [0.05, 0.1) is 13.1 Å². The minimum atomic E-state index is -0.506. The van der Waals surface area contributed by atoms with E-state index in [1.54, 1.807) is 11.8 Å². The first-order valence-electron chi connectivity index (χ1n) is 5.18. The summed E-state index contributed by atoms with van der Waals surface area (Å²) in [5.41, 5.74) is 0. The molecule has 7 nitrogen and oxygen atoms in total. The predicted molar refractivity (Wildman–Crippen MR) is 56.7 cm³/mol. The van der Waals surface area contributed by atoms with Crippen molar-refractivity contribution in [1.82, 2.24) is 20.9 Å². The fourth-order valence-electron chi connectivity index (χ4n) is 1.40. The lowest BCUT2D eigenvalue weighted by atomic mass is 10.3. The van der Waals surface area contributed by atoms with Gasteiger partial charge in [-0.3, -0.25) is 19.8 Å². The van der Waals surface area contributed by atoms with Crippen molar-refractivity contribution in [1.29, 1.82) is 0 Å². The maximum absolute atomic E-state index is 11.4. The largest absolute Gasteiger partial charge is 0.354 e. The highest BCUT2D eigenvalue weighted by atomic mass is 16.2. The van der Waals surface area contributed by atoms with Gasteiger partial charge in [0.25, 0.3) is 0 Å². The number of carbonyl (C=O) groups excluding carboxylic acids is 3. The molecule has 3 N–H and O–H groups in total. The molecular weight excluding hydrogens is 212 g/mol. The minimum Gasteiger partial charge on any atom is -0.354 e. The second-order valence-corrected chi connectivity index (χ2v) is 3.47. The number of nitrogens with one attached hydrogen (secondary N) is 3. The summed E-state index contributed by atoms with van der Waals surface area (Å²) >= 11 is 0. The Morgan fingerprint density at radius 3 is 2.88 bits per heavy atom. The van der Waals surface area contributed by atoms with Crippen molar-refractivity contribution in [3.05, 3.63) is 0 Å². The summed E-state index contributed by atoms with van der Waals surface area (Å²) in [5, 5.41) is 7.29. The second kappa shape index (κ2) is 6.06. The third-order valence-electron chi connectivity index (χ3n) is 2.07. The van der Waals surface area contributed by atoms with Gasteiger partial charge in [0.15, 0.2) is 0 Å². The highest BCUT2D eigenvalue weighted by Gasteiger charge is 2.19. The van der Waals surface area contributed by atoms with Gasteiger partial charge in [-0.1, -0.05) is 0 Å². The lowest BCUT2D eigenvalue weighted by molar-refractivity contribution is -0.126. The molecule has 0 aliphatic carbocycles. The lowest BCUT2D eigenvalue weighted by Gasteiger charge is -2.25. The quantitative estimate of drug-likeness (QED) is 0.535. The van der Waals surface area contributed by atoms with E-state index in [9.17, 15) is 14.4 Å². The van der Waals surface area contributed by atoms with E-state index in [1.807, 2.05) is 0 Å². The van der Waals surface area contributed by atoms with Crippen LogP contribution in [0.5, 0.6) is 0 Å². The van der Waals surface area contributed by atoms with E-state index in [0.29, 0.717) is 19.6 Å². The Hall–Kier alpha value is -1.63. The van der Waals surface area contributed by atoms with Crippen LogP contribution in [0.2, 0.25) is 0 Å². The second-order valence-electron chi connectivity index (χ2n) is 3.47. The zero-order valence-electron chi connectivity index (χ0n) is 9.21. The van der Waals surface area contributed by atoms with Crippen LogP contribution in [0, 0.1) is 0 Å². The van der Waals surface area contributed by atoms with Crippen molar-refractivity contribution in [3.8, 4) is 0 Å². The SMILES string of the molecule is CCNC(=O)NC(=O)CN1CCNC(=O)C1. The molecule has 0 spiro atoms. The van der Waals surface area contributed by atoms with Crippen LogP contribution in [0.1, 0.15) is 6.92 Å². The highest BCUT2D eigenvalue weighted by Crippen LogP contribution is 1.92. The molecule has 0 saturated carbocycles. The molecule has 0 unspecified atom stereocenters. The van der Waals surface area contributed by atoms with Gasteiger partial charge in [-0.25, -0.2) is 4.79 Å². The van der Waals surface area contributed by atoms with Crippen LogP contribution in [-0.4, -0.2) is 55.5 Å². The summed E-state index contributed by atoms with van der Waals surface area (Å²) in [7, 11) is 0. The number of nitrogens with zero attached hydrogens (tertiary/aromatic N) is 1. The molecule has 0 aromatic carbocycles. The molecule has 1 aliphatic heterocycles. The van der Waals surface area contributed by atoms with Crippen molar-refractivity contribution < 1.29 is 14.4 Å². The maximum atomic E-state index is 11.4. The van der Waals surface area contributed by atoms with Crippen LogP contribution >= 0.6 is 0 Å². The zero-order chi connectivity index (χ0) is 12.0. The first kappa shape index (κ1) is 12.4. The molecule has 0 atom stereocenters. The molecule has 1 rings (SSSR count). The van der Waals surface area contributed by atoms with E-state index in [0.717, 1.165) is 0 Å². The van der Waals surface area contributed by atoms with Crippen molar-refractivity contribution in [3.63, 3.8) is 0 Å². The van der Waals surface area contributed by atoms with Gasteiger partial charge < -0.3 is 10.6 Å². The number of piperazine rings is 1. The fourth-order valence-corrected chi connectivity index (χ4v) is 1.40. The fraction of sp³-hybridized carbons (Fsp3) is 0.667. The van der Waals surface area contributed by atoms with Crippen LogP contribution in [0.3, 0.4) is 0 Å². The Morgan fingerprint density at radius 1 is 1.50 bits per heavy atom. The van der Waals surface area contributed by atoms with Gasteiger partial charge in [0, 0.05) is 19.6 Å². The monoisotopic (exact) mass is 228 g/mol. The molecule has 16 heavy (non-hydrogen) atoms. The molecule has 1 heterocycles. The Labute approximate surface area is 93.5 Å². The van der Waals surface area contributed by atoms with Gasteiger partial charge in [0.1, 0.15) is 0 Å². The number of imide groups is 1. The van der Waals surface area contributed by atoms with Crippen LogP contribution in [0.4, 0.5) is 4.79 Å². The van der Waals surface area contributed by atoms with Gasteiger partial charge in [-0.05, 0) is 6.92 Å². The first-order chi connectivity index (χ1) is 7.61. The third-order valence-corrected chi connectivity index (χ3v) is 2.07. The third kappa shape index (κ3) is 4.26. The summed E-state index contributed by atoms with van der Waals surface area (Å²) in [6, 6.07) is -0.506. The summed E-state index contributed by atoms with van der Waals surface area (Å²) < 4.78 is 0. The predicted octanol–water partition coefficient (Wildman–Crippen LogP) is -1.74. The molecule has 90 valence electrons. The van der Waals surface area contributed by atoms with E-state index < -0.39 is 11.9 Å². The molecule has 1 saturated heterocycles. The van der Waals surface area contributed by atoms with Crippen LogP contribution in [0.25, 0.3) is 0 Å². The molecule has 1 aliphatic rings. The lowest BCUT2D eigenvalue weighted by Crippen LogP contribution is -2.52. The molecule has 0 radical (unpaired) electrons. The van der Waals surface area contributed by atoms with E-state index >= 15 is 0 Å². The van der Waals surface area contributed by atoms with E-state index in [2.05, 4.69) is 16.0 Å². The Kier molecular flexibility index (Phi) is 4.71. The van der Waals surface area contributed by atoms with Crippen molar-refractivity contribution in [2.45, 2.75) is 6.92 Å². The van der Waals surface area contributed by atoms with E-state index in [1.165, 1.54) is 0 Å². The summed E-state index contributed by atoms with van der Waals surface area (Å²) in [5.74, 6) is -0.502. The molecule has 7 heteroatoms. The average molecular weight is 228 g/mol. The molecule has 1 fully saturated rings. The Balaban J connectivity index is 2.28. The number of urea groups is 1. The van der Waals surface area contributed by atoms with Crippen molar-refractivity contribution in [2.75, 3.05) is 32.7 Å². The normalized spacial score (nSPS) is 16.4. The molecule has 0 bridgehead atoms. The number of hydrogen-bond donors (Lipinski definition) is 3. The van der Waals surface area contributed by atoms with Gasteiger partial charge in [0.2, 0.25) is 11.8 Å². The molecular formula is C9H16N4O3. The number of hydrogen-bond acceptors (Lipinski definition) is 4. The van der Waals surface area contributed by atoms with Crippen molar-refractivity contribution >= 4 is 17.8 Å².